The molecular weight excluding hydrogens is 357 g/mol. The molecule has 1 aliphatic heterocycles. The minimum absolute atomic E-state index is 0.0220. The molecule has 1 aliphatic rings. The number of nitrogens with zero attached hydrogens (tertiary/aromatic N) is 4. The topological polar surface area (TPSA) is 80.2 Å². The maximum absolute atomic E-state index is 12.9. The summed E-state index contributed by atoms with van der Waals surface area (Å²) < 4.78 is 18.8. The number of carbonyl (C=O) groups excluding carboxylic acids is 1. The van der Waals surface area contributed by atoms with E-state index in [2.05, 4.69) is 25.2 Å². The first kappa shape index (κ1) is 18.8. The van der Waals surface area contributed by atoms with Gasteiger partial charge in [-0.1, -0.05) is 0 Å². The predicted octanol–water partition coefficient (Wildman–Crippen LogP) is 1.91. The van der Waals surface area contributed by atoms with Gasteiger partial charge in [0.2, 0.25) is 0 Å². The molecule has 0 amide bonds. The highest BCUT2D eigenvalue weighted by atomic mass is 32.1. The van der Waals surface area contributed by atoms with E-state index in [1.165, 1.54) is 12.4 Å². The van der Waals surface area contributed by atoms with Gasteiger partial charge in [-0.05, 0) is 13.3 Å². The van der Waals surface area contributed by atoms with Gasteiger partial charge in [0.15, 0.2) is 10.9 Å². The molecule has 0 aliphatic carbocycles. The molecule has 0 spiro atoms. The van der Waals surface area contributed by atoms with E-state index < -0.39 is 5.82 Å². The molecule has 9 heteroatoms. The Bertz CT molecular complexity index is 724. The summed E-state index contributed by atoms with van der Waals surface area (Å²) in [7, 11) is 0. The van der Waals surface area contributed by atoms with E-state index in [0.717, 1.165) is 36.1 Å². The molecule has 0 saturated carbocycles. The summed E-state index contributed by atoms with van der Waals surface area (Å²) in [5.74, 6) is 0.237. The standard InChI is InChI=1S/C17H22FN5O2S/c1-12(24)6-21-17-22-9-15(26-17)11-23-3-2-4-25-14(10-23)5-16-19-7-13(18)8-20-16/h7-9,14H,2-6,10-11H2,1H3,(H,21,22). The third kappa shape index (κ3) is 5.79. The zero-order valence-electron chi connectivity index (χ0n) is 14.7. The van der Waals surface area contributed by atoms with Gasteiger partial charge in [0.1, 0.15) is 11.6 Å². The van der Waals surface area contributed by atoms with E-state index in [-0.39, 0.29) is 11.9 Å². The number of halogens is 1. The Balaban J connectivity index is 1.55. The van der Waals surface area contributed by atoms with Crippen LogP contribution in [-0.2, 0) is 22.5 Å². The highest BCUT2D eigenvalue weighted by Gasteiger charge is 2.21. The maximum Gasteiger partial charge on any atom is 0.183 e. The number of carbonyl (C=O) groups is 1. The summed E-state index contributed by atoms with van der Waals surface area (Å²) in [5.41, 5.74) is 0. The van der Waals surface area contributed by atoms with Crippen molar-refractivity contribution in [3.05, 3.63) is 35.1 Å². The van der Waals surface area contributed by atoms with Gasteiger partial charge in [-0.15, -0.1) is 11.3 Å². The van der Waals surface area contributed by atoms with Gasteiger partial charge < -0.3 is 10.1 Å². The number of thiazole rings is 1. The SMILES string of the molecule is CC(=O)CNc1ncc(CN2CCCOC(Cc3ncc(F)cn3)C2)s1. The largest absolute Gasteiger partial charge is 0.376 e. The van der Waals surface area contributed by atoms with Crippen molar-refractivity contribution in [1.82, 2.24) is 19.9 Å². The molecule has 1 atom stereocenters. The summed E-state index contributed by atoms with van der Waals surface area (Å²) in [6.07, 6.45) is 5.70. The Morgan fingerprint density at radius 2 is 2.19 bits per heavy atom. The molecule has 140 valence electrons. The molecule has 1 saturated heterocycles. The van der Waals surface area contributed by atoms with Gasteiger partial charge in [0.25, 0.3) is 0 Å². The first-order valence-electron chi connectivity index (χ1n) is 8.57. The molecular formula is C17H22FN5O2S. The van der Waals surface area contributed by atoms with Gasteiger partial charge >= 0.3 is 0 Å². The fourth-order valence-electron chi connectivity index (χ4n) is 2.77. The molecule has 2 aromatic rings. The van der Waals surface area contributed by atoms with Crippen LogP contribution >= 0.6 is 11.3 Å². The average molecular weight is 379 g/mol. The molecule has 0 bridgehead atoms. The smallest absolute Gasteiger partial charge is 0.183 e. The van der Waals surface area contributed by atoms with Crippen molar-refractivity contribution in [1.29, 1.82) is 0 Å². The van der Waals surface area contributed by atoms with Crippen molar-refractivity contribution in [2.75, 3.05) is 31.6 Å². The molecule has 3 heterocycles. The van der Waals surface area contributed by atoms with Crippen LogP contribution in [0, 0.1) is 5.82 Å². The van der Waals surface area contributed by atoms with Crippen LogP contribution in [0.3, 0.4) is 0 Å². The quantitative estimate of drug-likeness (QED) is 0.787. The third-order valence-electron chi connectivity index (χ3n) is 3.94. The third-order valence-corrected chi connectivity index (χ3v) is 4.88. The van der Waals surface area contributed by atoms with Crippen molar-refractivity contribution in [2.45, 2.75) is 32.4 Å². The summed E-state index contributed by atoms with van der Waals surface area (Å²) in [6.45, 7) is 5.01. The zero-order chi connectivity index (χ0) is 18.4. The maximum atomic E-state index is 12.9. The van der Waals surface area contributed by atoms with E-state index >= 15 is 0 Å². The van der Waals surface area contributed by atoms with Crippen molar-refractivity contribution < 1.29 is 13.9 Å². The number of hydrogen-bond donors (Lipinski definition) is 1. The fraction of sp³-hybridized carbons (Fsp3) is 0.529. The predicted molar refractivity (Wildman–Crippen MR) is 96.6 cm³/mol. The molecule has 26 heavy (non-hydrogen) atoms. The molecule has 0 aromatic carbocycles. The van der Waals surface area contributed by atoms with Gasteiger partial charge in [0, 0.05) is 43.7 Å². The minimum atomic E-state index is -0.434. The van der Waals surface area contributed by atoms with Crippen molar-refractivity contribution in [2.24, 2.45) is 0 Å². The number of aromatic nitrogens is 3. The molecule has 2 aromatic heterocycles. The van der Waals surface area contributed by atoms with E-state index in [4.69, 9.17) is 4.74 Å². The molecule has 1 fully saturated rings. The summed E-state index contributed by atoms with van der Waals surface area (Å²) >= 11 is 1.56. The van der Waals surface area contributed by atoms with Crippen molar-refractivity contribution in [3.8, 4) is 0 Å². The summed E-state index contributed by atoms with van der Waals surface area (Å²) in [5, 5.41) is 3.79. The monoisotopic (exact) mass is 379 g/mol. The molecule has 1 N–H and O–H groups in total. The summed E-state index contributed by atoms with van der Waals surface area (Å²) in [4.78, 5) is 26.9. The van der Waals surface area contributed by atoms with Crippen LogP contribution in [0.25, 0.3) is 0 Å². The molecule has 3 rings (SSSR count). The van der Waals surface area contributed by atoms with E-state index in [1.807, 2.05) is 6.20 Å². The Kier molecular flexibility index (Phi) is 6.59. The fourth-order valence-corrected chi connectivity index (χ4v) is 3.62. The van der Waals surface area contributed by atoms with Crippen molar-refractivity contribution >= 4 is 22.3 Å². The van der Waals surface area contributed by atoms with Crippen LogP contribution in [0.1, 0.15) is 24.0 Å². The van der Waals surface area contributed by atoms with Crippen LogP contribution < -0.4 is 5.32 Å². The van der Waals surface area contributed by atoms with Gasteiger partial charge in [0.05, 0.1) is 25.0 Å². The van der Waals surface area contributed by atoms with Gasteiger partial charge in [-0.2, -0.15) is 0 Å². The Morgan fingerprint density at radius 1 is 1.38 bits per heavy atom. The second-order valence-electron chi connectivity index (χ2n) is 6.29. The van der Waals surface area contributed by atoms with Crippen LogP contribution in [0.2, 0.25) is 0 Å². The van der Waals surface area contributed by atoms with Crippen molar-refractivity contribution in [3.63, 3.8) is 0 Å². The summed E-state index contributed by atoms with van der Waals surface area (Å²) in [6, 6.07) is 0. The number of rotatable bonds is 7. The number of ether oxygens (including phenoxy) is 1. The number of ketones is 1. The lowest BCUT2D eigenvalue weighted by molar-refractivity contribution is -0.115. The van der Waals surface area contributed by atoms with Gasteiger partial charge in [-0.25, -0.2) is 19.3 Å². The van der Waals surface area contributed by atoms with E-state index in [1.54, 1.807) is 18.3 Å². The molecule has 7 nitrogen and oxygen atoms in total. The lowest BCUT2D eigenvalue weighted by Gasteiger charge is -2.22. The van der Waals surface area contributed by atoms with Crippen LogP contribution in [-0.4, -0.2) is 58.0 Å². The van der Waals surface area contributed by atoms with Gasteiger partial charge in [-0.3, -0.25) is 9.69 Å². The minimum Gasteiger partial charge on any atom is -0.376 e. The Labute approximate surface area is 155 Å². The number of anilines is 1. The lowest BCUT2D eigenvalue weighted by Crippen LogP contribution is -2.32. The highest BCUT2D eigenvalue weighted by molar-refractivity contribution is 7.15. The van der Waals surface area contributed by atoms with Crippen LogP contribution in [0.15, 0.2) is 18.6 Å². The Morgan fingerprint density at radius 3 is 2.96 bits per heavy atom. The van der Waals surface area contributed by atoms with E-state index in [9.17, 15) is 9.18 Å². The van der Waals surface area contributed by atoms with Crippen LogP contribution in [0.5, 0.6) is 0 Å². The first-order valence-corrected chi connectivity index (χ1v) is 9.38. The number of nitrogens with one attached hydrogen (secondary N) is 1. The Hall–Kier alpha value is -1.97. The first-order chi connectivity index (χ1) is 12.6. The molecule has 1 unspecified atom stereocenters. The van der Waals surface area contributed by atoms with E-state index in [0.29, 0.717) is 25.4 Å². The zero-order valence-corrected chi connectivity index (χ0v) is 15.5. The number of hydrogen-bond acceptors (Lipinski definition) is 8. The lowest BCUT2D eigenvalue weighted by atomic mass is 10.2. The molecule has 0 radical (unpaired) electrons. The highest BCUT2D eigenvalue weighted by Crippen LogP contribution is 2.21. The second-order valence-corrected chi connectivity index (χ2v) is 7.41. The van der Waals surface area contributed by atoms with Crippen LogP contribution in [0.4, 0.5) is 9.52 Å². The normalized spacial score (nSPS) is 18.5. The average Bonchev–Trinajstić information content (AvgIpc) is 2.94. The second kappa shape index (κ2) is 9.11. The number of Topliss-reactive ketones (excluding diaryl/α,β-unsaturated/α-hetero) is 1.